The number of hydrogen-bond acceptors (Lipinski definition) is 4. The van der Waals surface area contributed by atoms with E-state index in [1.54, 1.807) is 0 Å². The van der Waals surface area contributed by atoms with Gasteiger partial charge in [0.05, 0.1) is 5.75 Å². The van der Waals surface area contributed by atoms with Gasteiger partial charge in [0.15, 0.2) is 0 Å². The number of carbonyl (C=O) groups excluding carboxylic acids is 1. The Bertz CT molecular complexity index is 345. The first kappa shape index (κ1) is 10.8. The molecule has 1 aromatic carbocycles. The zero-order valence-corrected chi connectivity index (χ0v) is 8.10. The fourth-order valence-corrected chi connectivity index (χ4v) is 1.62. The molecule has 4 nitrogen and oxygen atoms in total. The summed E-state index contributed by atoms with van der Waals surface area (Å²) in [4.78, 5) is 11.3. The Morgan fingerprint density at radius 3 is 2.93 bits per heavy atom. The molecule has 0 atom stereocenters. The standard InChI is InChI=1S/C8H10FN3OS/c9-5-1-2-6(10)7(3-5)14-4-8(13)12-11/h1-3H,4,10-11H2,(H,12,13). The summed E-state index contributed by atoms with van der Waals surface area (Å²) in [5.74, 6) is 4.29. The van der Waals surface area contributed by atoms with Gasteiger partial charge in [-0.25, -0.2) is 10.2 Å². The molecule has 14 heavy (non-hydrogen) atoms. The van der Waals surface area contributed by atoms with Crippen LogP contribution in [0.25, 0.3) is 0 Å². The summed E-state index contributed by atoms with van der Waals surface area (Å²) in [5.41, 5.74) is 7.99. The van der Waals surface area contributed by atoms with Crippen molar-refractivity contribution in [2.45, 2.75) is 4.90 Å². The minimum absolute atomic E-state index is 0.115. The fraction of sp³-hybridized carbons (Fsp3) is 0.125. The number of rotatable bonds is 3. The third-order valence-corrected chi connectivity index (χ3v) is 2.57. The number of nitrogens with two attached hydrogens (primary N) is 2. The summed E-state index contributed by atoms with van der Waals surface area (Å²) in [6, 6.07) is 4.00. The topological polar surface area (TPSA) is 81.1 Å². The molecule has 6 heteroatoms. The lowest BCUT2D eigenvalue weighted by molar-refractivity contribution is -0.118. The molecule has 0 aromatic heterocycles. The van der Waals surface area contributed by atoms with E-state index in [1.807, 2.05) is 5.43 Å². The van der Waals surface area contributed by atoms with Crippen molar-refractivity contribution in [2.24, 2.45) is 5.84 Å². The zero-order valence-electron chi connectivity index (χ0n) is 7.29. The van der Waals surface area contributed by atoms with Gasteiger partial charge in [0.2, 0.25) is 5.91 Å². The lowest BCUT2D eigenvalue weighted by atomic mass is 10.3. The molecule has 0 radical (unpaired) electrons. The van der Waals surface area contributed by atoms with Crippen molar-refractivity contribution >= 4 is 23.4 Å². The number of carbonyl (C=O) groups is 1. The Balaban J connectivity index is 2.66. The van der Waals surface area contributed by atoms with E-state index < -0.39 is 0 Å². The highest BCUT2D eigenvalue weighted by atomic mass is 32.2. The van der Waals surface area contributed by atoms with Gasteiger partial charge < -0.3 is 5.73 Å². The Morgan fingerprint density at radius 2 is 2.29 bits per heavy atom. The van der Waals surface area contributed by atoms with Crippen LogP contribution >= 0.6 is 11.8 Å². The molecule has 0 aliphatic carbocycles. The fourth-order valence-electron chi connectivity index (χ4n) is 0.818. The van der Waals surface area contributed by atoms with Crippen molar-refractivity contribution in [3.8, 4) is 0 Å². The first-order chi connectivity index (χ1) is 6.63. The third kappa shape index (κ3) is 2.90. The molecule has 1 aromatic rings. The molecule has 1 rings (SSSR count). The van der Waals surface area contributed by atoms with E-state index in [-0.39, 0.29) is 17.5 Å². The molecule has 0 fully saturated rings. The number of nitrogen functional groups attached to an aromatic ring is 1. The Kier molecular flexibility index (Phi) is 3.73. The molecule has 0 heterocycles. The molecular weight excluding hydrogens is 205 g/mol. The second-order valence-electron chi connectivity index (χ2n) is 2.54. The van der Waals surface area contributed by atoms with E-state index >= 15 is 0 Å². The van der Waals surface area contributed by atoms with Gasteiger partial charge in [-0.2, -0.15) is 0 Å². The van der Waals surface area contributed by atoms with E-state index in [2.05, 4.69) is 0 Å². The van der Waals surface area contributed by atoms with Crippen LogP contribution in [-0.4, -0.2) is 11.7 Å². The summed E-state index contributed by atoms with van der Waals surface area (Å²) >= 11 is 1.14. The summed E-state index contributed by atoms with van der Waals surface area (Å²) in [6.45, 7) is 0. The molecule has 76 valence electrons. The second kappa shape index (κ2) is 4.83. The van der Waals surface area contributed by atoms with Crippen LogP contribution in [0.1, 0.15) is 0 Å². The lowest BCUT2D eigenvalue weighted by Gasteiger charge is -2.04. The normalized spacial score (nSPS) is 9.86. The number of anilines is 1. The highest BCUT2D eigenvalue weighted by molar-refractivity contribution is 8.00. The van der Waals surface area contributed by atoms with Crippen molar-refractivity contribution in [1.29, 1.82) is 0 Å². The van der Waals surface area contributed by atoms with Crippen LogP contribution in [0.2, 0.25) is 0 Å². The molecule has 0 unspecified atom stereocenters. The van der Waals surface area contributed by atoms with Crippen LogP contribution < -0.4 is 17.0 Å². The van der Waals surface area contributed by atoms with Crippen LogP contribution in [0.4, 0.5) is 10.1 Å². The number of nitrogens with one attached hydrogen (secondary N) is 1. The minimum atomic E-state index is -0.380. The van der Waals surface area contributed by atoms with E-state index in [1.165, 1.54) is 18.2 Å². The van der Waals surface area contributed by atoms with Crippen molar-refractivity contribution in [1.82, 2.24) is 5.43 Å². The number of hydrogen-bond donors (Lipinski definition) is 3. The molecule has 0 aliphatic heterocycles. The summed E-state index contributed by atoms with van der Waals surface area (Å²) in [6.07, 6.45) is 0. The first-order valence-electron chi connectivity index (χ1n) is 3.80. The van der Waals surface area contributed by atoms with E-state index in [0.29, 0.717) is 10.6 Å². The second-order valence-corrected chi connectivity index (χ2v) is 3.56. The molecule has 0 spiro atoms. The number of halogens is 1. The Labute approximate surface area is 84.8 Å². The molecule has 0 aliphatic rings. The smallest absolute Gasteiger partial charge is 0.244 e. The summed E-state index contributed by atoms with van der Waals surface area (Å²) < 4.78 is 12.8. The number of amides is 1. The maximum Gasteiger partial charge on any atom is 0.244 e. The molecule has 1 amide bonds. The maximum absolute atomic E-state index is 12.8. The van der Waals surface area contributed by atoms with Crippen molar-refractivity contribution in [2.75, 3.05) is 11.5 Å². The number of benzene rings is 1. The number of thioether (sulfide) groups is 1. The van der Waals surface area contributed by atoms with E-state index in [9.17, 15) is 9.18 Å². The van der Waals surface area contributed by atoms with Crippen molar-refractivity contribution in [3.05, 3.63) is 24.0 Å². The third-order valence-electron chi connectivity index (χ3n) is 1.50. The molecule has 0 saturated heterocycles. The predicted molar refractivity (Wildman–Crippen MR) is 53.9 cm³/mol. The summed E-state index contributed by atoms with van der Waals surface area (Å²) in [7, 11) is 0. The van der Waals surface area contributed by atoms with E-state index in [4.69, 9.17) is 11.6 Å². The van der Waals surface area contributed by atoms with Gasteiger partial charge in [-0.15, -0.1) is 11.8 Å². The lowest BCUT2D eigenvalue weighted by Crippen LogP contribution is -2.31. The quantitative estimate of drug-likeness (QED) is 0.225. The SMILES string of the molecule is NNC(=O)CSc1cc(F)ccc1N. The van der Waals surface area contributed by atoms with Crippen molar-refractivity contribution in [3.63, 3.8) is 0 Å². The number of hydrazine groups is 1. The maximum atomic E-state index is 12.8. The molecule has 0 bridgehead atoms. The highest BCUT2D eigenvalue weighted by Crippen LogP contribution is 2.25. The van der Waals surface area contributed by atoms with Crippen LogP contribution in [-0.2, 0) is 4.79 Å². The van der Waals surface area contributed by atoms with E-state index in [0.717, 1.165) is 11.8 Å². The van der Waals surface area contributed by atoms with Gasteiger partial charge in [0.25, 0.3) is 0 Å². The van der Waals surface area contributed by atoms with Crippen molar-refractivity contribution < 1.29 is 9.18 Å². The van der Waals surface area contributed by atoms with Gasteiger partial charge in [-0.05, 0) is 18.2 Å². The molecule has 0 saturated carbocycles. The predicted octanol–water partition coefficient (Wildman–Crippen LogP) is 0.490. The first-order valence-corrected chi connectivity index (χ1v) is 4.79. The van der Waals surface area contributed by atoms with Crippen LogP contribution in [0, 0.1) is 5.82 Å². The van der Waals surface area contributed by atoms with Gasteiger partial charge in [0, 0.05) is 10.6 Å². The van der Waals surface area contributed by atoms with Gasteiger partial charge in [0.1, 0.15) is 5.82 Å². The summed E-state index contributed by atoms with van der Waals surface area (Å²) in [5, 5.41) is 0. The van der Waals surface area contributed by atoms with Gasteiger partial charge in [-0.3, -0.25) is 10.2 Å². The average molecular weight is 215 g/mol. The van der Waals surface area contributed by atoms with Crippen LogP contribution in [0.15, 0.2) is 23.1 Å². The van der Waals surface area contributed by atoms with Crippen LogP contribution in [0.5, 0.6) is 0 Å². The molecule has 5 N–H and O–H groups in total. The monoisotopic (exact) mass is 215 g/mol. The molecular formula is C8H10FN3OS. The highest BCUT2D eigenvalue weighted by Gasteiger charge is 2.04. The van der Waals surface area contributed by atoms with Gasteiger partial charge in [-0.1, -0.05) is 0 Å². The Morgan fingerprint density at radius 1 is 1.57 bits per heavy atom. The van der Waals surface area contributed by atoms with Gasteiger partial charge >= 0.3 is 0 Å². The largest absolute Gasteiger partial charge is 0.398 e. The zero-order chi connectivity index (χ0) is 10.6. The Hall–Kier alpha value is -1.27. The average Bonchev–Trinajstić information content (AvgIpc) is 2.19. The minimum Gasteiger partial charge on any atom is -0.398 e. The van der Waals surface area contributed by atoms with Crippen LogP contribution in [0.3, 0.4) is 0 Å².